The summed E-state index contributed by atoms with van der Waals surface area (Å²) in [6.45, 7) is 2.44. The van der Waals surface area contributed by atoms with Gasteiger partial charge in [-0.3, -0.25) is 19.6 Å². The van der Waals surface area contributed by atoms with Gasteiger partial charge in [-0.05, 0) is 49.2 Å². The number of hydrogen-bond donors (Lipinski definition) is 1. The van der Waals surface area contributed by atoms with Gasteiger partial charge in [-0.2, -0.15) is 0 Å². The van der Waals surface area contributed by atoms with Crippen LogP contribution in [0.2, 0.25) is 5.02 Å². The van der Waals surface area contributed by atoms with Gasteiger partial charge in [-0.15, -0.1) is 11.3 Å². The molecule has 1 N–H and O–H groups in total. The number of nitrogens with zero attached hydrogens (tertiary/aromatic N) is 5. The van der Waals surface area contributed by atoms with Crippen molar-refractivity contribution in [2.75, 3.05) is 44.7 Å². The van der Waals surface area contributed by atoms with Gasteiger partial charge in [-0.25, -0.2) is 19.0 Å². The Morgan fingerprint density at radius 1 is 1.08 bits per heavy atom. The van der Waals surface area contributed by atoms with Crippen LogP contribution in [0.4, 0.5) is 14.9 Å². The fraction of sp³-hybridized carbons (Fsp3) is 0.400. The molecule has 14 heteroatoms. The molecule has 3 aromatic rings. The number of piperazine rings is 1. The number of amides is 2. The zero-order valence-corrected chi connectivity index (χ0v) is 28.5. The molecule has 3 aliphatic heterocycles. The Kier molecular flexibility index (Phi) is 9.66. The number of anilines is 1. The van der Waals surface area contributed by atoms with Crippen LogP contribution in [0.5, 0.6) is 5.75 Å². The predicted molar refractivity (Wildman–Crippen MR) is 183 cm³/mol. The first-order valence-corrected chi connectivity index (χ1v) is 17.7. The minimum absolute atomic E-state index is 0.0476. The van der Waals surface area contributed by atoms with Gasteiger partial charge in [0.2, 0.25) is 0 Å². The number of esters is 2. The predicted octanol–water partition coefficient (Wildman–Crippen LogP) is 5.57. The Bertz CT molecular complexity index is 1800. The minimum Gasteiger partial charge on any atom is -0.466 e. The van der Waals surface area contributed by atoms with Crippen molar-refractivity contribution >= 4 is 52.4 Å². The Morgan fingerprint density at radius 3 is 2.59 bits per heavy atom. The van der Waals surface area contributed by atoms with Crippen LogP contribution in [0.1, 0.15) is 48.7 Å². The highest BCUT2D eigenvalue weighted by molar-refractivity contribution is 7.11. The lowest BCUT2D eigenvalue weighted by Crippen LogP contribution is -2.53. The van der Waals surface area contributed by atoms with E-state index < -0.39 is 17.8 Å². The van der Waals surface area contributed by atoms with E-state index in [1.807, 2.05) is 22.4 Å². The van der Waals surface area contributed by atoms with Crippen LogP contribution in [0.25, 0.3) is 0 Å². The second kappa shape index (κ2) is 14.3. The number of carbonyl (C=O) groups excluding carboxylic acids is 3. The molecule has 2 saturated heterocycles. The zero-order chi connectivity index (χ0) is 34.1. The number of nitrogens with one attached hydrogen (secondary N) is 1. The summed E-state index contributed by atoms with van der Waals surface area (Å²) < 4.78 is 24.9. The molecule has 0 spiro atoms. The van der Waals surface area contributed by atoms with Gasteiger partial charge in [0.1, 0.15) is 17.6 Å². The van der Waals surface area contributed by atoms with Gasteiger partial charge in [0.05, 0.1) is 24.6 Å². The van der Waals surface area contributed by atoms with Crippen molar-refractivity contribution in [2.24, 2.45) is 10.9 Å². The summed E-state index contributed by atoms with van der Waals surface area (Å²) in [4.78, 5) is 54.5. The Labute approximate surface area is 292 Å². The van der Waals surface area contributed by atoms with E-state index in [2.05, 4.69) is 15.2 Å². The van der Waals surface area contributed by atoms with Crippen molar-refractivity contribution in [1.82, 2.24) is 20.1 Å². The second-order valence-electron chi connectivity index (χ2n) is 12.6. The topological polar surface area (TPSA) is 117 Å². The van der Waals surface area contributed by atoms with Crippen molar-refractivity contribution in [3.8, 4) is 5.75 Å². The third kappa shape index (κ3) is 6.92. The molecule has 2 aromatic carbocycles. The van der Waals surface area contributed by atoms with Crippen LogP contribution in [0, 0.1) is 11.7 Å². The lowest BCUT2D eigenvalue weighted by Gasteiger charge is -2.38. The van der Waals surface area contributed by atoms with Crippen molar-refractivity contribution in [2.45, 2.75) is 44.2 Å². The number of fused-ring (bicyclic) bond motifs is 1. The number of carbonyl (C=O) groups is 3. The van der Waals surface area contributed by atoms with Crippen molar-refractivity contribution in [1.29, 1.82) is 0 Å². The van der Waals surface area contributed by atoms with E-state index in [-0.39, 0.29) is 34.6 Å². The summed E-state index contributed by atoms with van der Waals surface area (Å²) in [5.74, 6) is -0.362. The number of methoxy groups -OCH3 is 1. The lowest BCUT2D eigenvalue weighted by atomic mass is 9.89. The molecule has 256 valence electrons. The van der Waals surface area contributed by atoms with E-state index in [0.29, 0.717) is 60.6 Å². The maximum Gasteiger partial charge on any atom is 0.338 e. The number of rotatable bonds is 8. The van der Waals surface area contributed by atoms with Crippen LogP contribution in [0.3, 0.4) is 0 Å². The first-order valence-electron chi connectivity index (χ1n) is 16.4. The highest BCUT2D eigenvalue weighted by atomic mass is 35.5. The summed E-state index contributed by atoms with van der Waals surface area (Å²) in [6, 6.07) is 10.1. The Morgan fingerprint density at radius 2 is 1.88 bits per heavy atom. The smallest absolute Gasteiger partial charge is 0.338 e. The Balaban J connectivity index is 1.08. The minimum atomic E-state index is -0.856. The van der Waals surface area contributed by atoms with Gasteiger partial charge < -0.3 is 19.7 Å². The quantitative estimate of drug-likeness (QED) is 0.239. The molecule has 2 amide bonds. The fourth-order valence-electron chi connectivity index (χ4n) is 7.05. The van der Waals surface area contributed by atoms with Crippen molar-refractivity contribution in [3.05, 3.63) is 86.7 Å². The molecule has 11 nitrogen and oxygen atoms in total. The van der Waals surface area contributed by atoms with E-state index in [1.54, 1.807) is 23.2 Å². The van der Waals surface area contributed by atoms with Crippen LogP contribution in [-0.4, -0.2) is 84.5 Å². The molecule has 4 heterocycles. The molecule has 49 heavy (non-hydrogen) atoms. The van der Waals surface area contributed by atoms with Gasteiger partial charge in [0.15, 0.2) is 10.8 Å². The summed E-state index contributed by atoms with van der Waals surface area (Å²) in [5.41, 5.74) is 2.04. The van der Waals surface area contributed by atoms with E-state index in [4.69, 9.17) is 26.1 Å². The highest BCUT2D eigenvalue weighted by Gasteiger charge is 2.42. The average Bonchev–Trinajstić information content (AvgIpc) is 3.77. The Hall–Kier alpha value is -4.33. The largest absolute Gasteiger partial charge is 0.466 e. The first-order chi connectivity index (χ1) is 23.8. The molecule has 3 fully saturated rings. The monoisotopic (exact) mass is 706 g/mol. The molecule has 4 aliphatic rings. The molecule has 0 unspecified atom stereocenters. The van der Waals surface area contributed by atoms with E-state index >= 15 is 0 Å². The molecular formula is C35H36ClFN6O5S. The summed E-state index contributed by atoms with van der Waals surface area (Å²) >= 11 is 7.89. The maximum atomic E-state index is 14.0. The molecule has 2 atom stereocenters. The number of thiazole rings is 1. The number of amidine groups is 1. The maximum absolute atomic E-state index is 14.0. The second-order valence-corrected chi connectivity index (χ2v) is 13.9. The average molecular weight is 707 g/mol. The van der Waals surface area contributed by atoms with E-state index in [0.717, 1.165) is 37.8 Å². The standard InChI is InChI=1S/C35H36ClFN6O5S/c1-47-34(45)29-28(39-31(32-38-13-16-49-32)40-30(29)26-12-7-22(37)17-27(26)36)20-41-14-15-42-24(18-41)19-43(35(42)46)23-8-10-25(11-9-23)48-33(44)21-5-3-2-4-6-21/h7-13,16-17,21,24,30H,2-6,14-15,18-20H2,1H3,(H,39,40)/t24-,30-/m0/s1. The number of aromatic nitrogens is 1. The SMILES string of the molecule is COC(=O)C1=C(CN2CCN3C(=O)N(c4ccc(OC(=O)C5CCCCC5)cc4)C[C@@H]3C2)NC(c2nccs2)=N[C@H]1c1ccc(F)cc1Cl. The lowest BCUT2D eigenvalue weighted by molar-refractivity contribution is -0.140. The van der Waals surface area contributed by atoms with Crippen LogP contribution in [0.15, 0.2) is 70.3 Å². The van der Waals surface area contributed by atoms with Gasteiger partial charge in [0, 0.05) is 66.3 Å². The molecule has 7 rings (SSSR count). The van der Waals surface area contributed by atoms with Crippen LogP contribution >= 0.6 is 22.9 Å². The molecular weight excluding hydrogens is 671 g/mol. The number of urea groups is 1. The molecule has 1 aromatic heterocycles. The molecule has 0 bridgehead atoms. The molecule has 1 saturated carbocycles. The van der Waals surface area contributed by atoms with Gasteiger partial charge in [-0.1, -0.05) is 36.9 Å². The normalized spacial score (nSPS) is 21.7. The highest BCUT2D eigenvalue weighted by Crippen LogP contribution is 2.37. The summed E-state index contributed by atoms with van der Waals surface area (Å²) in [5, 5.41) is 5.93. The third-order valence-corrected chi connectivity index (χ3v) is 10.7. The van der Waals surface area contributed by atoms with E-state index in [9.17, 15) is 18.8 Å². The van der Waals surface area contributed by atoms with E-state index in [1.165, 1.54) is 36.6 Å². The van der Waals surface area contributed by atoms with Crippen molar-refractivity contribution < 1.29 is 28.2 Å². The number of benzene rings is 2. The molecule has 1 aliphatic carbocycles. The zero-order valence-electron chi connectivity index (χ0n) is 26.9. The van der Waals surface area contributed by atoms with Crippen LogP contribution in [-0.2, 0) is 14.3 Å². The summed E-state index contributed by atoms with van der Waals surface area (Å²) in [7, 11) is 1.31. The number of aliphatic imine (C=N–C) groups is 1. The van der Waals surface area contributed by atoms with Crippen molar-refractivity contribution in [3.63, 3.8) is 0 Å². The first kappa shape index (κ1) is 33.2. The number of halogens is 2. The fourth-order valence-corrected chi connectivity index (χ4v) is 7.91. The third-order valence-electron chi connectivity index (χ3n) is 9.55. The van der Waals surface area contributed by atoms with Gasteiger partial charge >= 0.3 is 18.0 Å². The summed E-state index contributed by atoms with van der Waals surface area (Å²) in [6.07, 6.45) is 6.68. The number of ether oxygens (including phenoxy) is 2. The van der Waals surface area contributed by atoms with Crippen LogP contribution < -0.4 is 15.0 Å². The molecule has 0 radical (unpaired) electrons. The number of hydrogen-bond acceptors (Lipinski definition) is 10. The van der Waals surface area contributed by atoms with Gasteiger partial charge in [0.25, 0.3) is 0 Å².